The van der Waals surface area contributed by atoms with E-state index < -0.39 is 5.91 Å². The Hall–Kier alpha value is -4.54. The van der Waals surface area contributed by atoms with Gasteiger partial charge in [0.05, 0.1) is 12.8 Å². The average molecular weight is 446 g/mol. The standard InChI is InChI=1S/C22H22N8O3/c1-4-17(14-10-8-13(2)9-11-14)24-26-22(31)18-19(15-6-5-7-16(12-15)32-3)30(29-25-18)21-20(23)27-33-28-21/h5-12H,4H2,1-3H3,(H2,23,27)(H,26,31)/b24-17-. The summed E-state index contributed by atoms with van der Waals surface area (Å²) in [5.74, 6) is 0.147. The van der Waals surface area contributed by atoms with Crippen LogP contribution in [-0.4, -0.2) is 44.0 Å². The van der Waals surface area contributed by atoms with Crippen LogP contribution in [0.4, 0.5) is 5.82 Å². The normalized spacial score (nSPS) is 11.4. The average Bonchev–Trinajstić information content (AvgIpc) is 3.46. The lowest BCUT2D eigenvalue weighted by Gasteiger charge is -2.08. The molecule has 11 nitrogen and oxygen atoms in total. The number of anilines is 1. The van der Waals surface area contributed by atoms with E-state index in [0.29, 0.717) is 23.4 Å². The highest BCUT2D eigenvalue weighted by atomic mass is 16.6. The van der Waals surface area contributed by atoms with Gasteiger partial charge in [-0.1, -0.05) is 54.1 Å². The van der Waals surface area contributed by atoms with Gasteiger partial charge in [-0.25, -0.2) is 10.1 Å². The lowest BCUT2D eigenvalue weighted by atomic mass is 10.1. The zero-order valence-corrected chi connectivity index (χ0v) is 18.3. The molecule has 0 saturated carbocycles. The summed E-state index contributed by atoms with van der Waals surface area (Å²) < 4.78 is 11.3. The second-order valence-corrected chi connectivity index (χ2v) is 7.12. The zero-order valence-electron chi connectivity index (χ0n) is 18.3. The molecule has 0 atom stereocenters. The minimum absolute atomic E-state index is 0.00154. The maximum atomic E-state index is 13.1. The molecule has 0 saturated heterocycles. The number of hydrazone groups is 1. The van der Waals surface area contributed by atoms with E-state index in [4.69, 9.17) is 15.1 Å². The van der Waals surface area contributed by atoms with Gasteiger partial charge in [-0.05, 0) is 41.4 Å². The molecule has 3 N–H and O–H groups in total. The Bertz CT molecular complexity index is 1310. The van der Waals surface area contributed by atoms with Gasteiger partial charge in [-0.15, -0.1) is 5.10 Å². The van der Waals surface area contributed by atoms with Crippen LogP contribution in [0.15, 0.2) is 58.3 Å². The van der Waals surface area contributed by atoms with Gasteiger partial charge in [0, 0.05) is 5.56 Å². The quantitative estimate of drug-likeness (QED) is 0.325. The molecule has 0 spiro atoms. The molecule has 0 radical (unpaired) electrons. The van der Waals surface area contributed by atoms with Crippen molar-refractivity contribution in [1.82, 2.24) is 30.7 Å². The van der Waals surface area contributed by atoms with Gasteiger partial charge in [0.15, 0.2) is 5.69 Å². The zero-order chi connectivity index (χ0) is 23.4. The van der Waals surface area contributed by atoms with E-state index in [9.17, 15) is 4.79 Å². The topological polar surface area (TPSA) is 146 Å². The number of benzene rings is 2. The minimum atomic E-state index is -0.549. The first kappa shape index (κ1) is 21.7. The summed E-state index contributed by atoms with van der Waals surface area (Å²) >= 11 is 0. The number of nitrogen functional groups attached to an aromatic ring is 1. The molecule has 0 aliphatic carbocycles. The van der Waals surface area contributed by atoms with Gasteiger partial charge in [0.1, 0.15) is 11.4 Å². The van der Waals surface area contributed by atoms with Crippen LogP contribution in [0.5, 0.6) is 5.75 Å². The molecular weight excluding hydrogens is 424 g/mol. The fourth-order valence-electron chi connectivity index (χ4n) is 3.22. The van der Waals surface area contributed by atoms with Crippen LogP contribution in [0.2, 0.25) is 0 Å². The molecule has 0 unspecified atom stereocenters. The third-order valence-corrected chi connectivity index (χ3v) is 4.94. The van der Waals surface area contributed by atoms with E-state index >= 15 is 0 Å². The number of aryl methyl sites for hydroxylation is 1. The summed E-state index contributed by atoms with van der Waals surface area (Å²) in [6, 6.07) is 15.0. The highest BCUT2D eigenvalue weighted by Gasteiger charge is 2.25. The van der Waals surface area contributed by atoms with Gasteiger partial charge < -0.3 is 10.5 Å². The number of hydrogen-bond donors (Lipinski definition) is 2. The Kier molecular flexibility index (Phi) is 6.11. The number of amides is 1. The molecule has 4 rings (SSSR count). The van der Waals surface area contributed by atoms with Crippen molar-refractivity contribution in [2.24, 2.45) is 5.10 Å². The van der Waals surface area contributed by atoms with E-state index in [0.717, 1.165) is 16.8 Å². The van der Waals surface area contributed by atoms with E-state index in [-0.39, 0.29) is 17.3 Å². The molecule has 2 aromatic carbocycles. The van der Waals surface area contributed by atoms with E-state index in [1.807, 2.05) is 38.1 Å². The number of carbonyl (C=O) groups excluding carboxylic acids is 1. The van der Waals surface area contributed by atoms with Gasteiger partial charge in [-0.2, -0.15) is 9.78 Å². The number of aromatic nitrogens is 5. The highest BCUT2D eigenvalue weighted by Crippen LogP contribution is 2.29. The Morgan fingerprint density at radius 3 is 2.67 bits per heavy atom. The van der Waals surface area contributed by atoms with Crippen molar-refractivity contribution in [3.63, 3.8) is 0 Å². The maximum Gasteiger partial charge on any atom is 0.294 e. The summed E-state index contributed by atoms with van der Waals surface area (Å²) in [6.07, 6.45) is 0.625. The van der Waals surface area contributed by atoms with Crippen molar-refractivity contribution in [3.05, 3.63) is 65.4 Å². The number of rotatable bonds is 7. The number of nitrogens with zero attached hydrogens (tertiary/aromatic N) is 6. The van der Waals surface area contributed by atoms with Crippen LogP contribution >= 0.6 is 0 Å². The number of ether oxygens (including phenoxy) is 1. The van der Waals surface area contributed by atoms with Crippen molar-refractivity contribution in [1.29, 1.82) is 0 Å². The third-order valence-electron chi connectivity index (χ3n) is 4.94. The van der Waals surface area contributed by atoms with Crippen LogP contribution in [0.25, 0.3) is 17.1 Å². The van der Waals surface area contributed by atoms with Crippen LogP contribution in [0, 0.1) is 6.92 Å². The molecule has 0 bridgehead atoms. The van der Waals surface area contributed by atoms with Crippen molar-refractivity contribution in [2.45, 2.75) is 20.3 Å². The van der Waals surface area contributed by atoms with Crippen molar-refractivity contribution >= 4 is 17.4 Å². The fraction of sp³-hybridized carbons (Fsp3) is 0.182. The first-order valence-electron chi connectivity index (χ1n) is 10.1. The molecular formula is C22H22N8O3. The summed E-state index contributed by atoms with van der Waals surface area (Å²) in [5.41, 5.74) is 12.2. The molecule has 33 heavy (non-hydrogen) atoms. The molecule has 4 aromatic rings. The molecule has 1 amide bonds. The lowest BCUT2D eigenvalue weighted by molar-refractivity contribution is 0.0950. The Balaban J connectivity index is 1.74. The molecule has 2 heterocycles. The monoisotopic (exact) mass is 446 g/mol. The molecule has 0 aliphatic heterocycles. The number of nitrogens with one attached hydrogen (secondary N) is 1. The lowest BCUT2D eigenvalue weighted by Crippen LogP contribution is -2.21. The van der Waals surface area contributed by atoms with Gasteiger partial charge in [0.25, 0.3) is 5.91 Å². The maximum absolute atomic E-state index is 13.1. The van der Waals surface area contributed by atoms with Crippen molar-refractivity contribution in [2.75, 3.05) is 12.8 Å². The molecule has 11 heteroatoms. The second kappa shape index (κ2) is 9.30. The number of hydrogen-bond acceptors (Lipinski definition) is 9. The predicted octanol–water partition coefficient (Wildman–Crippen LogP) is 2.76. The summed E-state index contributed by atoms with van der Waals surface area (Å²) in [4.78, 5) is 13.1. The Labute approximate surface area is 189 Å². The van der Waals surface area contributed by atoms with Gasteiger partial charge in [-0.3, -0.25) is 4.79 Å². The first-order chi connectivity index (χ1) is 16.0. The SMILES string of the molecule is CC/C(=N/NC(=O)c1nnn(-c2nonc2N)c1-c1cccc(OC)c1)c1ccc(C)cc1. The van der Waals surface area contributed by atoms with E-state index in [2.05, 4.69) is 31.2 Å². The smallest absolute Gasteiger partial charge is 0.294 e. The van der Waals surface area contributed by atoms with Crippen LogP contribution in [0.3, 0.4) is 0 Å². The largest absolute Gasteiger partial charge is 0.497 e. The van der Waals surface area contributed by atoms with Crippen molar-refractivity contribution in [3.8, 4) is 22.8 Å². The van der Waals surface area contributed by atoms with E-state index in [1.165, 1.54) is 4.68 Å². The second-order valence-electron chi connectivity index (χ2n) is 7.12. The molecule has 2 aromatic heterocycles. The van der Waals surface area contributed by atoms with Crippen LogP contribution in [0.1, 0.15) is 35.0 Å². The first-order valence-corrected chi connectivity index (χ1v) is 10.1. The predicted molar refractivity (Wildman–Crippen MR) is 121 cm³/mol. The summed E-state index contributed by atoms with van der Waals surface area (Å²) in [5, 5.41) is 19.8. The number of nitrogens with two attached hydrogens (primary N) is 1. The van der Waals surface area contributed by atoms with E-state index in [1.54, 1.807) is 31.4 Å². The number of carbonyl (C=O) groups is 1. The molecule has 0 aliphatic rings. The van der Waals surface area contributed by atoms with Crippen molar-refractivity contribution < 1.29 is 14.2 Å². The summed E-state index contributed by atoms with van der Waals surface area (Å²) in [7, 11) is 1.55. The Morgan fingerprint density at radius 2 is 2.00 bits per heavy atom. The van der Waals surface area contributed by atoms with Crippen LogP contribution < -0.4 is 15.9 Å². The fourth-order valence-corrected chi connectivity index (χ4v) is 3.22. The van der Waals surface area contributed by atoms with Crippen LogP contribution in [-0.2, 0) is 0 Å². The van der Waals surface area contributed by atoms with Gasteiger partial charge in [0.2, 0.25) is 11.6 Å². The van der Waals surface area contributed by atoms with Gasteiger partial charge >= 0.3 is 0 Å². The minimum Gasteiger partial charge on any atom is -0.497 e. The molecule has 168 valence electrons. The molecule has 0 fully saturated rings. The Morgan fingerprint density at radius 1 is 1.21 bits per heavy atom. The third kappa shape index (κ3) is 4.42. The summed E-state index contributed by atoms with van der Waals surface area (Å²) in [6.45, 7) is 3.97. The highest BCUT2D eigenvalue weighted by molar-refractivity contribution is 6.03. The number of methoxy groups -OCH3 is 1.